The summed E-state index contributed by atoms with van der Waals surface area (Å²) in [7, 11) is 1.33. The van der Waals surface area contributed by atoms with Crippen LogP contribution in [-0.2, 0) is 4.74 Å². The maximum absolute atomic E-state index is 13.6. The number of rotatable bonds is 3. The van der Waals surface area contributed by atoms with E-state index < -0.39 is 37.0 Å². The fraction of sp³-hybridized carbons (Fsp3) is 0.600. The molecule has 2 heterocycles. The predicted octanol–water partition coefficient (Wildman–Crippen LogP) is -0.182. The van der Waals surface area contributed by atoms with Gasteiger partial charge >= 0.3 is 5.69 Å². The number of alkyl halides is 2. The Labute approximate surface area is 101 Å². The smallest absolute Gasteiger partial charge is 0.353 e. The van der Waals surface area contributed by atoms with Crippen molar-refractivity contribution < 1.29 is 23.4 Å². The van der Waals surface area contributed by atoms with E-state index in [-0.39, 0.29) is 5.88 Å². The van der Waals surface area contributed by atoms with Gasteiger partial charge in [0.15, 0.2) is 18.6 Å². The molecular formula is C10H12F2N2O4. The number of nitrogens with zero attached hydrogens (tertiary/aromatic N) is 2. The summed E-state index contributed by atoms with van der Waals surface area (Å²) in [5.74, 6) is 0.0696. The van der Waals surface area contributed by atoms with Crippen LogP contribution < -0.4 is 10.4 Å². The molecule has 0 aliphatic carbocycles. The largest absolute Gasteiger partial charge is 0.481 e. The van der Waals surface area contributed by atoms with E-state index in [9.17, 15) is 13.6 Å². The van der Waals surface area contributed by atoms with Crippen LogP contribution in [-0.4, -0.2) is 46.8 Å². The molecule has 18 heavy (non-hydrogen) atoms. The first kappa shape index (κ1) is 12.9. The van der Waals surface area contributed by atoms with Crippen LogP contribution in [0.3, 0.4) is 0 Å². The van der Waals surface area contributed by atoms with Crippen molar-refractivity contribution >= 4 is 0 Å². The fourth-order valence-corrected chi connectivity index (χ4v) is 1.76. The Balaban J connectivity index is 2.30. The summed E-state index contributed by atoms with van der Waals surface area (Å²) >= 11 is 0. The van der Waals surface area contributed by atoms with Crippen LogP contribution in [0.15, 0.2) is 17.1 Å². The van der Waals surface area contributed by atoms with Crippen LogP contribution >= 0.6 is 0 Å². The number of halogens is 2. The van der Waals surface area contributed by atoms with Gasteiger partial charge in [0.05, 0.1) is 13.7 Å². The molecule has 2 rings (SSSR count). The van der Waals surface area contributed by atoms with Crippen LogP contribution in [0, 0.1) is 0 Å². The number of hydrogen-bond donors (Lipinski definition) is 1. The van der Waals surface area contributed by atoms with Crippen LogP contribution in [0.2, 0.25) is 0 Å². The Morgan fingerprint density at radius 3 is 2.78 bits per heavy atom. The number of aromatic nitrogens is 2. The molecule has 0 unspecified atom stereocenters. The van der Waals surface area contributed by atoms with E-state index in [0.29, 0.717) is 0 Å². The summed E-state index contributed by atoms with van der Waals surface area (Å²) in [5.41, 5.74) is -0.812. The third-order valence-electron chi connectivity index (χ3n) is 2.71. The number of aliphatic hydroxyl groups is 1. The van der Waals surface area contributed by atoms with Gasteiger partial charge in [-0.3, -0.25) is 4.57 Å². The van der Waals surface area contributed by atoms with E-state index in [1.165, 1.54) is 19.4 Å². The van der Waals surface area contributed by atoms with Crippen LogP contribution in [0.4, 0.5) is 8.78 Å². The summed E-state index contributed by atoms with van der Waals surface area (Å²) < 4.78 is 37.5. The lowest BCUT2D eigenvalue weighted by molar-refractivity contribution is -0.0437. The van der Waals surface area contributed by atoms with Crippen LogP contribution in [0.25, 0.3) is 0 Å². The highest BCUT2D eigenvalue weighted by Crippen LogP contribution is 2.32. The molecule has 1 saturated heterocycles. The Kier molecular flexibility index (Phi) is 3.58. The zero-order chi connectivity index (χ0) is 13.3. The number of aliphatic hydroxyl groups excluding tert-OH is 1. The maximum Gasteiger partial charge on any atom is 0.353 e. The highest BCUT2D eigenvalue weighted by Gasteiger charge is 2.46. The van der Waals surface area contributed by atoms with E-state index >= 15 is 0 Å². The van der Waals surface area contributed by atoms with Crippen molar-refractivity contribution in [2.24, 2.45) is 0 Å². The molecule has 0 spiro atoms. The van der Waals surface area contributed by atoms with Gasteiger partial charge in [0.25, 0.3) is 0 Å². The fourth-order valence-electron chi connectivity index (χ4n) is 1.76. The average molecular weight is 262 g/mol. The van der Waals surface area contributed by atoms with Crippen molar-refractivity contribution in [3.8, 4) is 5.88 Å². The minimum atomic E-state index is -2.03. The summed E-state index contributed by atoms with van der Waals surface area (Å²) in [6.07, 6.45) is -5.51. The lowest BCUT2D eigenvalue weighted by Crippen LogP contribution is -2.31. The summed E-state index contributed by atoms with van der Waals surface area (Å²) in [6, 6.07) is 1.33. The first-order valence-electron chi connectivity index (χ1n) is 5.26. The molecule has 0 radical (unpaired) electrons. The quantitative estimate of drug-likeness (QED) is 0.818. The highest BCUT2D eigenvalue weighted by atomic mass is 19.2. The second-order valence-electron chi connectivity index (χ2n) is 3.80. The second-order valence-corrected chi connectivity index (χ2v) is 3.80. The van der Waals surface area contributed by atoms with Crippen LogP contribution in [0.1, 0.15) is 6.23 Å². The molecule has 0 bridgehead atoms. The summed E-state index contributed by atoms with van der Waals surface area (Å²) in [6.45, 7) is -0.656. The summed E-state index contributed by atoms with van der Waals surface area (Å²) in [4.78, 5) is 15.1. The Hall–Kier alpha value is -1.54. The van der Waals surface area contributed by atoms with E-state index in [4.69, 9.17) is 14.6 Å². The normalized spacial score (nSPS) is 31.6. The van der Waals surface area contributed by atoms with Crippen molar-refractivity contribution in [1.82, 2.24) is 9.55 Å². The Morgan fingerprint density at radius 2 is 2.28 bits per heavy atom. The molecule has 1 N–H and O–H groups in total. The molecule has 4 atom stereocenters. The van der Waals surface area contributed by atoms with Gasteiger partial charge in [-0.15, -0.1) is 0 Å². The number of ether oxygens (including phenoxy) is 2. The SMILES string of the molecule is COc1ccn([C@@H]2O[C@H](CO)[C@H](F)[C@@H]2F)c(=O)n1. The van der Waals surface area contributed by atoms with Gasteiger partial charge in [-0.2, -0.15) is 4.98 Å². The predicted molar refractivity (Wildman–Crippen MR) is 55.8 cm³/mol. The zero-order valence-electron chi connectivity index (χ0n) is 9.49. The average Bonchev–Trinajstić information content (AvgIpc) is 2.66. The molecule has 8 heteroatoms. The van der Waals surface area contributed by atoms with Crippen molar-refractivity contribution in [1.29, 1.82) is 0 Å². The first-order chi connectivity index (χ1) is 8.58. The van der Waals surface area contributed by atoms with Gasteiger partial charge in [0.1, 0.15) is 6.10 Å². The minimum absolute atomic E-state index is 0.0696. The lowest BCUT2D eigenvalue weighted by atomic mass is 10.2. The van der Waals surface area contributed by atoms with Gasteiger partial charge in [0, 0.05) is 12.3 Å². The van der Waals surface area contributed by atoms with Crippen molar-refractivity contribution in [2.75, 3.05) is 13.7 Å². The molecule has 0 saturated carbocycles. The molecule has 0 amide bonds. The molecule has 100 valence electrons. The van der Waals surface area contributed by atoms with E-state index in [2.05, 4.69) is 4.98 Å². The monoisotopic (exact) mass is 262 g/mol. The summed E-state index contributed by atoms with van der Waals surface area (Å²) in [5, 5.41) is 8.82. The zero-order valence-corrected chi connectivity index (χ0v) is 9.49. The minimum Gasteiger partial charge on any atom is -0.481 e. The van der Waals surface area contributed by atoms with E-state index in [1.807, 2.05) is 0 Å². The van der Waals surface area contributed by atoms with Crippen molar-refractivity contribution in [3.05, 3.63) is 22.7 Å². The molecule has 0 aromatic carbocycles. The Morgan fingerprint density at radius 1 is 1.56 bits per heavy atom. The molecule has 6 nitrogen and oxygen atoms in total. The lowest BCUT2D eigenvalue weighted by Gasteiger charge is -2.15. The molecule has 1 aromatic heterocycles. The third kappa shape index (κ3) is 2.08. The van der Waals surface area contributed by atoms with Crippen molar-refractivity contribution in [3.63, 3.8) is 0 Å². The number of hydrogen-bond acceptors (Lipinski definition) is 5. The second kappa shape index (κ2) is 4.99. The third-order valence-corrected chi connectivity index (χ3v) is 2.71. The molecule has 1 fully saturated rings. The standard InChI is InChI=1S/C10H12F2N2O4/c1-17-6-2-3-14(10(16)13-6)9-8(12)7(11)5(4-15)18-9/h2-3,5,7-9,15H,4H2,1H3/t5-,7+,8+,9-/m1/s1. The van der Waals surface area contributed by atoms with Gasteiger partial charge in [-0.25, -0.2) is 13.6 Å². The van der Waals surface area contributed by atoms with E-state index in [0.717, 1.165) is 4.57 Å². The topological polar surface area (TPSA) is 73.6 Å². The maximum atomic E-state index is 13.6. The molecule has 1 aliphatic heterocycles. The van der Waals surface area contributed by atoms with Crippen molar-refractivity contribution in [2.45, 2.75) is 24.7 Å². The highest BCUT2D eigenvalue weighted by molar-refractivity contribution is 5.06. The van der Waals surface area contributed by atoms with Gasteiger partial charge < -0.3 is 14.6 Å². The molecular weight excluding hydrogens is 250 g/mol. The Bertz CT molecular complexity index is 481. The molecule has 1 aliphatic rings. The van der Waals surface area contributed by atoms with Crippen LogP contribution in [0.5, 0.6) is 5.88 Å². The van der Waals surface area contributed by atoms with Gasteiger partial charge in [-0.1, -0.05) is 0 Å². The number of methoxy groups -OCH3 is 1. The molecule has 1 aromatic rings. The van der Waals surface area contributed by atoms with E-state index in [1.54, 1.807) is 0 Å². The van der Waals surface area contributed by atoms with Gasteiger partial charge in [0.2, 0.25) is 5.88 Å². The van der Waals surface area contributed by atoms with Gasteiger partial charge in [-0.05, 0) is 0 Å². The first-order valence-corrected chi connectivity index (χ1v) is 5.26.